The maximum absolute atomic E-state index is 11.6. The van der Waals surface area contributed by atoms with Crippen molar-refractivity contribution in [3.8, 4) is 0 Å². The predicted octanol–water partition coefficient (Wildman–Crippen LogP) is 4.53. The highest BCUT2D eigenvalue weighted by Gasteiger charge is 2.16. The van der Waals surface area contributed by atoms with Crippen molar-refractivity contribution < 1.29 is 9.53 Å². The Morgan fingerprint density at radius 2 is 1.60 bits per heavy atom. The monoisotopic (exact) mass is 350 g/mol. The van der Waals surface area contributed by atoms with Gasteiger partial charge in [0.2, 0.25) is 0 Å². The predicted molar refractivity (Wildman–Crippen MR) is 100 cm³/mol. The Hall–Kier alpha value is -2.79. The lowest BCUT2D eigenvalue weighted by atomic mass is 9.99. The highest BCUT2D eigenvalue weighted by molar-refractivity contribution is 7.15. The van der Waals surface area contributed by atoms with Crippen LogP contribution in [0.3, 0.4) is 0 Å². The van der Waals surface area contributed by atoms with E-state index < -0.39 is 0 Å². The zero-order valence-corrected chi connectivity index (χ0v) is 14.9. The number of thiazole rings is 1. The summed E-state index contributed by atoms with van der Waals surface area (Å²) in [6, 6.07) is 20.2. The summed E-state index contributed by atoms with van der Waals surface area (Å²) in [6.07, 6.45) is 1.53. The summed E-state index contributed by atoms with van der Waals surface area (Å²) in [5, 5.41) is 0.720. The number of carbonyl (C=O) groups excluding carboxylic acids is 1. The second kappa shape index (κ2) is 7.85. The first-order chi connectivity index (χ1) is 12.2. The lowest BCUT2D eigenvalue weighted by Gasteiger charge is -2.14. The van der Waals surface area contributed by atoms with Gasteiger partial charge in [-0.3, -0.25) is 4.99 Å². The van der Waals surface area contributed by atoms with E-state index in [0.717, 1.165) is 21.8 Å². The largest absolute Gasteiger partial charge is 0.465 e. The molecule has 3 aromatic rings. The molecular weight excluding hydrogens is 332 g/mol. The Bertz CT molecular complexity index is 833. The molecule has 0 bridgehead atoms. The number of carbonyl (C=O) groups is 1. The van der Waals surface area contributed by atoms with E-state index in [9.17, 15) is 4.79 Å². The number of benzene rings is 2. The van der Waals surface area contributed by atoms with Crippen LogP contribution in [0.2, 0.25) is 0 Å². The van der Waals surface area contributed by atoms with Crippen molar-refractivity contribution in [2.75, 3.05) is 7.11 Å². The van der Waals surface area contributed by atoms with E-state index in [2.05, 4.69) is 29.2 Å². The normalized spacial score (nSPS) is 11.6. The first-order valence-corrected chi connectivity index (χ1v) is 8.69. The van der Waals surface area contributed by atoms with Crippen LogP contribution in [0.4, 0.5) is 0 Å². The van der Waals surface area contributed by atoms with Crippen molar-refractivity contribution in [2.45, 2.75) is 13.0 Å². The molecule has 0 fully saturated rings. The average Bonchev–Trinajstić information content (AvgIpc) is 3.17. The van der Waals surface area contributed by atoms with Crippen LogP contribution in [0.25, 0.3) is 0 Å². The van der Waals surface area contributed by atoms with Crippen LogP contribution < -0.4 is 0 Å². The van der Waals surface area contributed by atoms with E-state index in [4.69, 9.17) is 9.73 Å². The molecule has 0 amide bonds. The lowest BCUT2D eigenvalue weighted by molar-refractivity contribution is 0.0606. The summed E-state index contributed by atoms with van der Waals surface area (Å²) in [5.41, 5.74) is 3.01. The van der Waals surface area contributed by atoms with Gasteiger partial charge >= 0.3 is 5.97 Å². The maximum Gasteiger partial charge on any atom is 0.349 e. The molecule has 2 aromatic carbocycles. The van der Waals surface area contributed by atoms with E-state index in [1.54, 1.807) is 0 Å². The number of hydrogen-bond donors (Lipinski definition) is 0. The number of methoxy groups -OCH3 is 1. The molecule has 0 aliphatic carbocycles. The molecule has 0 aliphatic rings. The van der Waals surface area contributed by atoms with Crippen molar-refractivity contribution in [2.24, 2.45) is 4.99 Å². The lowest BCUT2D eigenvalue weighted by Crippen LogP contribution is -2.03. The van der Waals surface area contributed by atoms with Gasteiger partial charge in [-0.05, 0) is 18.1 Å². The van der Waals surface area contributed by atoms with Gasteiger partial charge in [-0.1, -0.05) is 60.7 Å². The Kier molecular flexibility index (Phi) is 5.36. The van der Waals surface area contributed by atoms with E-state index in [0.29, 0.717) is 4.88 Å². The third-order valence-electron chi connectivity index (χ3n) is 3.76. The van der Waals surface area contributed by atoms with Crippen molar-refractivity contribution in [3.63, 3.8) is 0 Å². The standard InChI is InChI=1S/C20H18N2O2S/c1-14(19-21-13-17(25-19)20(23)24-2)22-18(15-9-5-3-6-10-15)16-11-7-4-8-12-16/h3-13,18H,1-2H3/b22-14+. The highest BCUT2D eigenvalue weighted by atomic mass is 32.1. The SMILES string of the molecule is COC(=O)c1cnc(/C(C)=N/C(c2ccccc2)c2ccccc2)s1. The molecule has 0 atom stereocenters. The van der Waals surface area contributed by atoms with Gasteiger partial charge in [-0.25, -0.2) is 9.78 Å². The molecule has 0 N–H and O–H groups in total. The van der Waals surface area contributed by atoms with Gasteiger partial charge in [0.1, 0.15) is 15.9 Å². The Balaban J connectivity index is 1.98. The van der Waals surface area contributed by atoms with Crippen LogP contribution in [0.15, 0.2) is 71.9 Å². The summed E-state index contributed by atoms with van der Waals surface area (Å²) >= 11 is 1.29. The highest BCUT2D eigenvalue weighted by Crippen LogP contribution is 2.27. The molecule has 1 aromatic heterocycles. The van der Waals surface area contributed by atoms with Crippen LogP contribution in [0.1, 0.15) is 38.8 Å². The van der Waals surface area contributed by atoms with Crippen LogP contribution in [0, 0.1) is 0 Å². The summed E-state index contributed by atoms with van der Waals surface area (Å²) < 4.78 is 4.74. The van der Waals surface area contributed by atoms with Crippen LogP contribution >= 0.6 is 11.3 Å². The molecule has 0 saturated carbocycles. The number of nitrogens with zero attached hydrogens (tertiary/aromatic N) is 2. The molecule has 0 spiro atoms. The van der Waals surface area contributed by atoms with E-state index in [1.165, 1.54) is 24.6 Å². The number of aromatic nitrogens is 1. The van der Waals surface area contributed by atoms with Gasteiger partial charge in [0.15, 0.2) is 0 Å². The van der Waals surface area contributed by atoms with Gasteiger partial charge in [-0.2, -0.15) is 0 Å². The molecule has 0 saturated heterocycles. The summed E-state index contributed by atoms with van der Waals surface area (Å²) in [4.78, 5) is 21.3. The molecule has 4 nitrogen and oxygen atoms in total. The number of aliphatic imine (C=N–C) groups is 1. The topological polar surface area (TPSA) is 51.5 Å². The third kappa shape index (κ3) is 4.00. The van der Waals surface area contributed by atoms with Gasteiger partial charge in [0.25, 0.3) is 0 Å². The van der Waals surface area contributed by atoms with Gasteiger partial charge in [0, 0.05) is 0 Å². The van der Waals surface area contributed by atoms with E-state index in [1.807, 2.05) is 43.3 Å². The number of esters is 1. The molecule has 0 unspecified atom stereocenters. The fourth-order valence-electron chi connectivity index (χ4n) is 2.50. The molecule has 126 valence electrons. The van der Waals surface area contributed by atoms with E-state index in [-0.39, 0.29) is 12.0 Å². The Morgan fingerprint density at radius 1 is 1.04 bits per heavy atom. The summed E-state index contributed by atoms with van der Waals surface area (Å²) in [6.45, 7) is 1.92. The molecule has 0 radical (unpaired) electrons. The zero-order chi connectivity index (χ0) is 17.6. The van der Waals surface area contributed by atoms with Gasteiger partial charge < -0.3 is 4.74 Å². The molecular formula is C20H18N2O2S. The molecule has 0 aliphatic heterocycles. The molecule has 25 heavy (non-hydrogen) atoms. The molecule has 5 heteroatoms. The van der Waals surface area contributed by atoms with Crippen molar-refractivity contribution in [1.82, 2.24) is 4.98 Å². The second-order valence-electron chi connectivity index (χ2n) is 5.46. The molecule has 1 heterocycles. The summed E-state index contributed by atoms with van der Waals surface area (Å²) in [5.74, 6) is -0.376. The number of rotatable bonds is 5. The second-order valence-corrected chi connectivity index (χ2v) is 6.49. The minimum Gasteiger partial charge on any atom is -0.465 e. The molecule has 3 rings (SSSR count). The zero-order valence-electron chi connectivity index (χ0n) is 14.0. The first kappa shape index (κ1) is 17.0. The number of ether oxygens (including phenoxy) is 1. The third-order valence-corrected chi connectivity index (χ3v) is 4.84. The van der Waals surface area contributed by atoms with Gasteiger partial charge in [0.05, 0.1) is 19.0 Å². The van der Waals surface area contributed by atoms with Gasteiger partial charge in [-0.15, -0.1) is 11.3 Å². The van der Waals surface area contributed by atoms with E-state index >= 15 is 0 Å². The minimum absolute atomic E-state index is 0.118. The summed E-state index contributed by atoms with van der Waals surface area (Å²) in [7, 11) is 1.36. The number of hydrogen-bond acceptors (Lipinski definition) is 5. The average molecular weight is 350 g/mol. The quantitative estimate of drug-likeness (QED) is 0.502. The van der Waals surface area contributed by atoms with Crippen LogP contribution in [-0.4, -0.2) is 23.8 Å². The van der Waals surface area contributed by atoms with Crippen LogP contribution in [-0.2, 0) is 4.74 Å². The van der Waals surface area contributed by atoms with Crippen molar-refractivity contribution in [1.29, 1.82) is 0 Å². The Labute approximate surface area is 150 Å². The maximum atomic E-state index is 11.6. The fourth-order valence-corrected chi connectivity index (χ4v) is 3.28. The smallest absolute Gasteiger partial charge is 0.349 e. The van der Waals surface area contributed by atoms with Crippen molar-refractivity contribution in [3.05, 3.63) is 87.9 Å². The van der Waals surface area contributed by atoms with Crippen molar-refractivity contribution >= 4 is 23.0 Å². The van der Waals surface area contributed by atoms with Crippen LogP contribution in [0.5, 0.6) is 0 Å². The first-order valence-electron chi connectivity index (χ1n) is 7.88. The minimum atomic E-state index is -0.376. The Morgan fingerprint density at radius 3 is 2.12 bits per heavy atom. The fraction of sp³-hybridized carbons (Fsp3) is 0.150.